The van der Waals surface area contributed by atoms with Gasteiger partial charge in [-0.1, -0.05) is 18.2 Å². The molecule has 0 saturated heterocycles. The predicted molar refractivity (Wildman–Crippen MR) is 143 cm³/mol. The fraction of sp³-hybridized carbons (Fsp3) is 0.435. The molecule has 0 aliphatic carbocycles. The molecular weight excluding hydrogens is 522 g/mol. The number of nitrogens with two attached hydrogens (primary N) is 1. The number of hydrogen-bond donors (Lipinski definition) is 8. The van der Waals surface area contributed by atoms with Crippen LogP contribution in [0.15, 0.2) is 30.5 Å². The number of para-hydroxylation sites is 1. The molecule has 0 bridgehead atoms. The van der Waals surface area contributed by atoms with Gasteiger partial charge in [0.25, 0.3) is 0 Å². The third-order valence-electron chi connectivity index (χ3n) is 5.50. The minimum Gasteiger partial charge on any atom is -0.481 e. The largest absolute Gasteiger partial charge is 0.481 e. The Bertz CT molecular complexity index is 1130. The van der Waals surface area contributed by atoms with Crippen LogP contribution in [0.25, 0.3) is 10.9 Å². The number of benzene rings is 1. The second-order valence-electron chi connectivity index (χ2n) is 8.25. The fourth-order valence-corrected chi connectivity index (χ4v) is 4.15. The Balaban J connectivity index is 2.27. The number of carboxylic acid groups (broad SMARTS) is 2. The number of aromatic nitrogens is 1. The summed E-state index contributed by atoms with van der Waals surface area (Å²) in [4.78, 5) is 64.5. The Morgan fingerprint density at radius 3 is 2.24 bits per heavy atom. The van der Waals surface area contributed by atoms with Crippen LogP contribution in [0.3, 0.4) is 0 Å². The lowest BCUT2D eigenvalue weighted by Crippen LogP contribution is -2.58. The number of carbonyl (C=O) groups excluding carboxylic acids is 3. The zero-order valence-electron chi connectivity index (χ0n) is 20.1. The Hall–Kier alpha value is -3.23. The predicted octanol–water partition coefficient (Wildman–Crippen LogP) is -0.266. The van der Waals surface area contributed by atoms with Crippen molar-refractivity contribution < 1.29 is 34.2 Å². The van der Waals surface area contributed by atoms with Crippen LogP contribution in [0.5, 0.6) is 0 Å². The van der Waals surface area contributed by atoms with E-state index >= 15 is 0 Å². The number of nitrogens with one attached hydrogen (secondary N) is 4. The van der Waals surface area contributed by atoms with Crippen molar-refractivity contribution in [3.8, 4) is 0 Å². The first kappa shape index (κ1) is 30.0. The van der Waals surface area contributed by atoms with Gasteiger partial charge in [-0.3, -0.25) is 19.2 Å². The molecule has 202 valence electrons. The van der Waals surface area contributed by atoms with Gasteiger partial charge < -0.3 is 36.9 Å². The van der Waals surface area contributed by atoms with E-state index in [1.807, 2.05) is 24.3 Å². The van der Waals surface area contributed by atoms with Gasteiger partial charge in [-0.2, -0.15) is 24.4 Å². The number of H-pyrrole nitrogens is 1. The first-order valence-corrected chi connectivity index (χ1v) is 13.4. The number of fused-ring (bicyclic) bond motifs is 1. The summed E-state index contributed by atoms with van der Waals surface area (Å²) in [5, 5.41) is 26.7. The van der Waals surface area contributed by atoms with Crippen molar-refractivity contribution in [2.45, 2.75) is 43.4 Å². The monoisotopic (exact) mass is 553 g/mol. The maximum Gasteiger partial charge on any atom is 0.326 e. The normalized spacial score (nSPS) is 14.2. The van der Waals surface area contributed by atoms with E-state index < -0.39 is 60.2 Å². The Morgan fingerprint density at radius 2 is 1.62 bits per heavy atom. The van der Waals surface area contributed by atoms with E-state index in [1.54, 1.807) is 12.5 Å². The third kappa shape index (κ3) is 8.98. The number of carboxylic acids is 2. The molecule has 4 unspecified atom stereocenters. The van der Waals surface area contributed by atoms with Gasteiger partial charge in [0.05, 0.1) is 12.5 Å². The topological polar surface area (TPSA) is 204 Å². The Morgan fingerprint density at radius 1 is 1.00 bits per heavy atom. The molecule has 37 heavy (non-hydrogen) atoms. The highest BCUT2D eigenvalue weighted by molar-refractivity contribution is 7.98. The summed E-state index contributed by atoms with van der Waals surface area (Å²) in [5.74, 6) is -4.66. The SMILES string of the molecule is CSCCC(NC(=O)C(CC(=O)O)NC(=O)C(Cc1c[nH]c2ccccc12)NC(=O)C(N)CS)C(=O)O. The van der Waals surface area contributed by atoms with Gasteiger partial charge in [-0.25, -0.2) is 4.79 Å². The molecule has 2 aromatic rings. The number of aliphatic carboxylic acids is 2. The lowest BCUT2D eigenvalue weighted by Gasteiger charge is -2.24. The highest BCUT2D eigenvalue weighted by Crippen LogP contribution is 2.19. The van der Waals surface area contributed by atoms with Crippen molar-refractivity contribution in [3.63, 3.8) is 0 Å². The number of thioether (sulfide) groups is 1. The van der Waals surface area contributed by atoms with E-state index in [-0.39, 0.29) is 18.6 Å². The molecule has 4 atom stereocenters. The number of carbonyl (C=O) groups is 5. The number of amides is 3. The molecule has 1 heterocycles. The van der Waals surface area contributed by atoms with E-state index in [0.717, 1.165) is 10.9 Å². The smallest absolute Gasteiger partial charge is 0.326 e. The molecule has 0 aliphatic heterocycles. The second-order valence-corrected chi connectivity index (χ2v) is 9.60. The molecule has 0 fully saturated rings. The quantitative estimate of drug-likeness (QED) is 0.137. The maximum atomic E-state index is 13.3. The maximum absolute atomic E-state index is 13.3. The van der Waals surface area contributed by atoms with Crippen LogP contribution >= 0.6 is 24.4 Å². The molecule has 2 rings (SSSR count). The van der Waals surface area contributed by atoms with E-state index in [4.69, 9.17) is 5.73 Å². The molecule has 1 aromatic carbocycles. The summed E-state index contributed by atoms with van der Waals surface area (Å²) >= 11 is 5.38. The molecule has 0 saturated carbocycles. The van der Waals surface area contributed by atoms with Crippen LogP contribution in [0.4, 0.5) is 0 Å². The lowest BCUT2D eigenvalue weighted by atomic mass is 10.0. The van der Waals surface area contributed by atoms with Crippen molar-refractivity contribution in [1.29, 1.82) is 0 Å². The average Bonchev–Trinajstić information content (AvgIpc) is 3.27. The third-order valence-corrected chi connectivity index (χ3v) is 6.54. The van der Waals surface area contributed by atoms with Crippen molar-refractivity contribution >= 4 is 65.0 Å². The van der Waals surface area contributed by atoms with Gasteiger partial charge in [0.1, 0.15) is 18.1 Å². The first-order chi connectivity index (χ1) is 17.6. The number of hydrogen-bond acceptors (Lipinski definition) is 8. The highest BCUT2D eigenvalue weighted by Gasteiger charge is 2.32. The Kier molecular flexibility index (Phi) is 11.8. The summed E-state index contributed by atoms with van der Waals surface area (Å²) < 4.78 is 0. The van der Waals surface area contributed by atoms with Gasteiger partial charge in [0.15, 0.2) is 0 Å². The van der Waals surface area contributed by atoms with Crippen LogP contribution in [0, 0.1) is 0 Å². The summed E-state index contributed by atoms with van der Waals surface area (Å²) in [6.07, 6.45) is 2.77. The van der Waals surface area contributed by atoms with Crippen LogP contribution in [0.1, 0.15) is 18.4 Å². The summed E-state index contributed by atoms with van der Waals surface area (Å²) in [7, 11) is 0. The van der Waals surface area contributed by atoms with Crippen molar-refractivity contribution in [2.24, 2.45) is 5.73 Å². The second kappa shape index (κ2) is 14.5. The van der Waals surface area contributed by atoms with Crippen molar-refractivity contribution in [2.75, 3.05) is 17.8 Å². The van der Waals surface area contributed by atoms with Crippen LogP contribution < -0.4 is 21.7 Å². The minimum atomic E-state index is -1.58. The fourth-order valence-electron chi connectivity index (χ4n) is 3.51. The highest BCUT2D eigenvalue weighted by atomic mass is 32.2. The molecule has 0 spiro atoms. The average molecular weight is 554 g/mol. The number of rotatable bonds is 15. The zero-order valence-corrected chi connectivity index (χ0v) is 21.8. The molecule has 8 N–H and O–H groups in total. The van der Waals surface area contributed by atoms with Crippen molar-refractivity contribution in [3.05, 3.63) is 36.0 Å². The molecule has 3 amide bonds. The van der Waals surface area contributed by atoms with Gasteiger partial charge in [-0.15, -0.1) is 0 Å². The molecule has 0 aliphatic rings. The number of aromatic amines is 1. The zero-order chi connectivity index (χ0) is 27.5. The van der Waals surface area contributed by atoms with Crippen molar-refractivity contribution in [1.82, 2.24) is 20.9 Å². The van der Waals surface area contributed by atoms with E-state index in [2.05, 4.69) is 33.6 Å². The van der Waals surface area contributed by atoms with E-state index in [1.165, 1.54) is 11.8 Å². The van der Waals surface area contributed by atoms with E-state index in [0.29, 0.717) is 11.3 Å². The number of thiol groups is 1. The molecule has 14 heteroatoms. The molecule has 12 nitrogen and oxygen atoms in total. The van der Waals surface area contributed by atoms with Gasteiger partial charge >= 0.3 is 11.9 Å². The summed E-state index contributed by atoms with van der Waals surface area (Å²) in [6, 6.07) is 2.25. The van der Waals surface area contributed by atoms with Gasteiger partial charge in [0, 0.05) is 29.3 Å². The van der Waals surface area contributed by atoms with Gasteiger partial charge in [-0.05, 0) is 30.1 Å². The molecule has 1 aromatic heterocycles. The molecule has 0 radical (unpaired) electrons. The molecular formula is C23H31N5O7S2. The van der Waals surface area contributed by atoms with Crippen LogP contribution in [0.2, 0.25) is 0 Å². The Labute approximate surface area is 222 Å². The lowest BCUT2D eigenvalue weighted by molar-refractivity contribution is -0.143. The van der Waals surface area contributed by atoms with Crippen LogP contribution in [-0.2, 0) is 30.4 Å². The standard InChI is InChI=1S/C23H31N5O7S2/c1-37-7-6-16(23(34)35)26-22(33)18(9-19(29)30)28-21(32)17(27-20(31)14(24)11-36)8-12-10-25-15-5-3-2-4-13(12)15/h2-5,10,14,16-18,25,36H,6-9,11,24H2,1H3,(H,26,33)(H,27,31)(H,28,32)(H,29,30)(H,34,35). The van der Waals surface area contributed by atoms with Gasteiger partial charge in [0.2, 0.25) is 17.7 Å². The van der Waals surface area contributed by atoms with E-state index in [9.17, 15) is 34.2 Å². The summed E-state index contributed by atoms with van der Waals surface area (Å²) in [5.41, 5.74) is 7.24. The van der Waals surface area contributed by atoms with Crippen LogP contribution in [-0.4, -0.2) is 86.8 Å². The minimum absolute atomic E-state index is 0.00770. The first-order valence-electron chi connectivity index (χ1n) is 11.3. The summed E-state index contributed by atoms with van der Waals surface area (Å²) in [6.45, 7) is 0.